The van der Waals surface area contributed by atoms with Gasteiger partial charge in [-0.25, -0.2) is 0 Å². The molecule has 4 rings (SSSR count). The van der Waals surface area contributed by atoms with Crippen LogP contribution in [0.15, 0.2) is 36.4 Å². The molecule has 11 nitrogen and oxygen atoms in total. The van der Waals surface area contributed by atoms with Crippen LogP contribution in [0.3, 0.4) is 0 Å². The van der Waals surface area contributed by atoms with Crippen LogP contribution in [0, 0.1) is 11.3 Å². The number of nitriles is 1. The number of morpholine rings is 1. The molecule has 1 aliphatic heterocycles. The van der Waals surface area contributed by atoms with Gasteiger partial charge in [0.05, 0.1) is 44.8 Å². The molecule has 1 fully saturated rings. The Balaban J connectivity index is 1.52. The summed E-state index contributed by atoms with van der Waals surface area (Å²) in [7, 11) is 3.14. The van der Waals surface area contributed by atoms with E-state index in [0.717, 1.165) is 32.8 Å². The van der Waals surface area contributed by atoms with Crippen molar-refractivity contribution in [1.29, 1.82) is 5.26 Å². The maximum Gasteiger partial charge on any atom is 0.248 e. The molecule has 1 saturated heterocycles. The third-order valence-corrected chi connectivity index (χ3v) is 5.34. The number of rotatable bonds is 9. The summed E-state index contributed by atoms with van der Waals surface area (Å²) in [4.78, 5) is 6.59. The lowest BCUT2D eigenvalue weighted by Gasteiger charge is -2.26. The van der Waals surface area contributed by atoms with Gasteiger partial charge in [-0.3, -0.25) is 4.90 Å². The Labute approximate surface area is 197 Å². The smallest absolute Gasteiger partial charge is 0.248 e. The molecule has 11 heteroatoms. The zero-order valence-corrected chi connectivity index (χ0v) is 19.2. The Morgan fingerprint density at radius 2 is 1.85 bits per heavy atom. The fraction of sp³-hybridized carbons (Fsp3) is 0.348. The van der Waals surface area contributed by atoms with Crippen molar-refractivity contribution in [2.24, 2.45) is 0 Å². The van der Waals surface area contributed by atoms with E-state index < -0.39 is 0 Å². The first-order chi connectivity index (χ1) is 16.6. The van der Waals surface area contributed by atoms with Crippen LogP contribution in [0.25, 0.3) is 5.69 Å². The Bertz CT molecular complexity index is 1150. The average Bonchev–Trinajstić information content (AvgIpc) is 3.24. The normalized spacial score (nSPS) is 13.8. The van der Waals surface area contributed by atoms with Crippen molar-refractivity contribution in [3.8, 4) is 29.0 Å². The summed E-state index contributed by atoms with van der Waals surface area (Å²) in [6.07, 6.45) is 0. The molecule has 0 amide bonds. The molecule has 0 radical (unpaired) electrons. The molecule has 0 atom stereocenters. The average molecular weight is 466 g/mol. The van der Waals surface area contributed by atoms with Gasteiger partial charge in [-0.05, 0) is 24.3 Å². The Hall–Kier alpha value is -4.01. The first-order valence-corrected chi connectivity index (χ1v) is 10.8. The minimum atomic E-state index is 0.203. The van der Waals surface area contributed by atoms with E-state index in [1.165, 1.54) is 4.68 Å². The standard InChI is InChI=1S/C23H27N7O4/c1-31-19-13-17(14-20(21(19)32-2)34-12-9-29-7-10-33-11-8-29)26-23-27-22(25)30(28-23)18-5-3-16(15-24)4-6-18/h3-6,13-14H,7-12H2,1-2H3,(H3,25,26,27,28). The molecule has 34 heavy (non-hydrogen) atoms. The molecule has 178 valence electrons. The van der Waals surface area contributed by atoms with Gasteiger partial charge < -0.3 is 30.0 Å². The summed E-state index contributed by atoms with van der Waals surface area (Å²) in [5.41, 5.74) is 7.96. The van der Waals surface area contributed by atoms with Crippen LogP contribution in [0.5, 0.6) is 17.2 Å². The highest BCUT2D eigenvalue weighted by molar-refractivity contribution is 5.66. The first kappa shape index (κ1) is 23.2. The SMILES string of the molecule is COc1cc(Nc2nc(N)n(-c3ccc(C#N)cc3)n2)cc(OCCN2CCOCC2)c1OC. The van der Waals surface area contributed by atoms with Crippen molar-refractivity contribution in [3.05, 3.63) is 42.0 Å². The highest BCUT2D eigenvalue weighted by Crippen LogP contribution is 2.40. The van der Waals surface area contributed by atoms with Gasteiger partial charge in [0, 0.05) is 37.5 Å². The first-order valence-electron chi connectivity index (χ1n) is 10.8. The maximum atomic E-state index is 8.99. The molecular formula is C23H27N7O4. The number of aromatic nitrogens is 3. The summed E-state index contributed by atoms with van der Waals surface area (Å²) in [6.45, 7) is 4.52. The van der Waals surface area contributed by atoms with E-state index in [9.17, 15) is 0 Å². The van der Waals surface area contributed by atoms with Crippen LogP contribution in [-0.4, -0.2) is 73.3 Å². The van der Waals surface area contributed by atoms with Crippen molar-refractivity contribution in [2.45, 2.75) is 0 Å². The third kappa shape index (κ3) is 5.31. The van der Waals surface area contributed by atoms with Gasteiger partial charge in [0.15, 0.2) is 11.5 Å². The number of anilines is 3. The Morgan fingerprint density at radius 3 is 2.53 bits per heavy atom. The molecular weight excluding hydrogens is 438 g/mol. The fourth-order valence-corrected chi connectivity index (χ4v) is 3.59. The van der Waals surface area contributed by atoms with Gasteiger partial charge in [0.1, 0.15) is 6.61 Å². The van der Waals surface area contributed by atoms with Crippen molar-refractivity contribution in [3.63, 3.8) is 0 Å². The largest absolute Gasteiger partial charge is 0.493 e. The molecule has 1 aliphatic rings. The van der Waals surface area contributed by atoms with Crippen LogP contribution < -0.4 is 25.3 Å². The van der Waals surface area contributed by atoms with Gasteiger partial charge in [-0.2, -0.15) is 14.9 Å². The predicted molar refractivity (Wildman–Crippen MR) is 126 cm³/mol. The topological polar surface area (TPSA) is 133 Å². The summed E-state index contributed by atoms with van der Waals surface area (Å²) < 4.78 is 24.0. The fourth-order valence-electron chi connectivity index (χ4n) is 3.59. The maximum absolute atomic E-state index is 8.99. The summed E-state index contributed by atoms with van der Waals surface area (Å²) >= 11 is 0. The molecule has 3 N–H and O–H groups in total. The van der Waals surface area contributed by atoms with Gasteiger partial charge in [-0.15, -0.1) is 5.10 Å². The molecule has 2 heterocycles. The molecule has 0 spiro atoms. The van der Waals surface area contributed by atoms with Crippen LogP contribution in [0.2, 0.25) is 0 Å². The quantitative estimate of drug-likeness (QED) is 0.484. The summed E-state index contributed by atoms with van der Waals surface area (Å²) in [5, 5.41) is 16.6. The van der Waals surface area contributed by atoms with Crippen LogP contribution in [0.4, 0.5) is 17.6 Å². The van der Waals surface area contributed by atoms with Crippen LogP contribution in [-0.2, 0) is 4.74 Å². The second-order valence-corrected chi connectivity index (χ2v) is 7.50. The number of nitrogen functional groups attached to an aromatic ring is 1. The van der Waals surface area contributed by atoms with E-state index in [1.807, 2.05) is 0 Å². The number of benzene rings is 2. The van der Waals surface area contributed by atoms with E-state index in [2.05, 4.69) is 26.4 Å². The number of hydrogen-bond donors (Lipinski definition) is 2. The van der Waals surface area contributed by atoms with E-state index in [1.54, 1.807) is 50.6 Å². The summed E-state index contributed by atoms with van der Waals surface area (Å²) in [5.74, 6) is 2.05. The van der Waals surface area contributed by atoms with Gasteiger partial charge >= 0.3 is 0 Å². The lowest BCUT2D eigenvalue weighted by atomic mass is 10.2. The Morgan fingerprint density at radius 1 is 1.12 bits per heavy atom. The molecule has 2 aromatic carbocycles. The second kappa shape index (κ2) is 10.7. The van der Waals surface area contributed by atoms with E-state index in [4.69, 9.17) is 29.9 Å². The molecule has 0 unspecified atom stereocenters. The predicted octanol–water partition coefficient (Wildman–Crippen LogP) is 2.19. The van der Waals surface area contributed by atoms with Crippen molar-refractivity contribution >= 4 is 17.6 Å². The van der Waals surface area contributed by atoms with Gasteiger partial charge in [0.25, 0.3) is 0 Å². The lowest BCUT2D eigenvalue weighted by molar-refractivity contribution is 0.0321. The van der Waals surface area contributed by atoms with Crippen molar-refractivity contribution in [2.75, 3.05) is 64.7 Å². The zero-order chi connectivity index (χ0) is 23.9. The molecule has 0 aliphatic carbocycles. The van der Waals surface area contributed by atoms with Crippen LogP contribution >= 0.6 is 0 Å². The lowest BCUT2D eigenvalue weighted by Crippen LogP contribution is -2.38. The number of hydrogen-bond acceptors (Lipinski definition) is 10. The molecule has 0 bridgehead atoms. The molecule has 1 aromatic heterocycles. The molecule has 0 saturated carbocycles. The summed E-state index contributed by atoms with van der Waals surface area (Å²) in [6, 6.07) is 12.6. The second-order valence-electron chi connectivity index (χ2n) is 7.50. The van der Waals surface area contributed by atoms with E-state index in [0.29, 0.717) is 46.7 Å². The van der Waals surface area contributed by atoms with E-state index >= 15 is 0 Å². The number of nitrogens with zero attached hydrogens (tertiary/aromatic N) is 5. The van der Waals surface area contributed by atoms with E-state index in [-0.39, 0.29) is 5.95 Å². The minimum absolute atomic E-state index is 0.203. The number of methoxy groups -OCH3 is 2. The monoisotopic (exact) mass is 465 g/mol. The highest BCUT2D eigenvalue weighted by atomic mass is 16.5. The van der Waals surface area contributed by atoms with Crippen molar-refractivity contribution in [1.82, 2.24) is 19.7 Å². The highest BCUT2D eigenvalue weighted by Gasteiger charge is 2.17. The number of nitrogens with two attached hydrogens (primary N) is 1. The zero-order valence-electron chi connectivity index (χ0n) is 19.2. The Kier molecular flexibility index (Phi) is 7.31. The number of ether oxygens (including phenoxy) is 4. The minimum Gasteiger partial charge on any atom is -0.493 e. The number of nitrogens with one attached hydrogen (secondary N) is 1. The van der Waals surface area contributed by atoms with Gasteiger partial charge in [-0.1, -0.05) is 0 Å². The van der Waals surface area contributed by atoms with Gasteiger partial charge in [0.2, 0.25) is 17.6 Å². The van der Waals surface area contributed by atoms with Crippen LogP contribution in [0.1, 0.15) is 5.56 Å². The third-order valence-electron chi connectivity index (χ3n) is 5.34. The molecule has 3 aromatic rings. The van der Waals surface area contributed by atoms with Crippen molar-refractivity contribution < 1.29 is 18.9 Å².